The molecule has 0 aliphatic carbocycles. The number of nitrogens with one attached hydrogen (secondary N) is 2. The van der Waals surface area contributed by atoms with E-state index in [4.69, 9.17) is 17.0 Å². The highest BCUT2D eigenvalue weighted by atomic mass is 32.1. The fraction of sp³-hybridized carbons (Fsp3) is 0.333. The molecule has 0 unspecified atom stereocenters. The van der Waals surface area contributed by atoms with Crippen molar-refractivity contribution in [1.29, 1.82) is 0 Å². The van der Waals surface area contributed by atoms with Gasteiger partial charge in [-0.15, -0.1) is 0 Å². The number of hydrogen-bond donors (Lipinski definition) is 1. The standard InChI is InChI=1S/C18H22N4OS/c1-2-23-17-5-3-15(4-6-17)20-18(24)22-13-11-21(12-14-22)16-7-9-19-10-8-16/h3-10H,2,11-14H2,1H3,(H,20,24)/p+1. The lowest BCUT2D eigenvalue weighted by molar-refractivity contribution is -0.377. The predicted molar refractivity (Wildman–Crippen MR) is 101 cm³/mol. The van der Waals surface area contributed by atoms with E-state index in [-0.39, 0.29) is 0 Å². The minimum absolute atomic E-state index is 0.676. The number of ether oxygens (including phenoxy) is 1. The largest absolute Gasteiger partial charge is 0.494 e. The van der Waals surface area contributed by atoms with Crippen LogP contribution in [0.1, 0.15) is 6.92 Å². The van der Waals surface area contributed by atoms with Crippen LogP contribution in [0.25, 0.3) is 0 Å². The molecule has 1 aliphatic rings. The highest BCUT2D eigenvalue weighted by molar-refractivity contribution is 7.80. The number of rotatable bonds is 4. The van der Waals surface area contributed by atoms with Crippen molar-refractivity contribution in [1.82, 2.24) is 4.90 Å². The number of thiocarbonyl (C=S) groups is 1. The maximum atomic E-state index is 5.56. The van der Waals surface area contributed by atoms with Crippen molar-refractivity contribution in [2.24, 2.45) is 0 Å². The van der Waals surface area contributed by atoms with Crippen LogP contribution < -0.4 is 19.9 Å². The average molecular weight is 343 g/mol. The summed E-state index contributed by atoms with van der Waals surface area (Å²) >= 11 is 5.56. The van der Waals surface area contributed by atoms with Crippen molar-refractivity contribution < 1.29 is 9.72 Å². The minimum atomic E-state index is 0.676. The lowest BCUT2D eigenvalue weighted by atomic mass is 10.2. The van der Waals surface area contributed by atoms with Crippen LogP contribution in [0.5, 0.6) is 5.75 Å². The van der Waals surface area contributed by atoms with Crippen LogP contribution in [0.15, 0.2) is 48.8 Å². The summed E-state index contributed by atoms with van der Waals surface area (Å²) in [5.41, 5.74) is 2.24. The molecule has 3 rings (SSSR count). The number of hydrogen-bond acceptors (Lipinski definition) is 3. The summed E-state index contributed by atoms with van der Waals surface area (Å²) in [6, 6.07) is 12.1. The van der Waals surface area contributed by atoms with Gasteiger partial charge in [0.1, 0.15) is 5.75 Å². The van der Waals surface area contributed by atoms with E-state index in [1.54, 1.807) is 0 Å². The molecule has 1 saturated heterocycles. The summed E-state index contributed by atoms with van der Waals surface area (Å²) in [6.07, 6.45) is 3.92. The third kappa shape index (κ3) is 4.14. The average Bonchev–Trinajstić information content (AvgIpc) is 2.64. The molecule has 0 amide bonds. The van der Waals surface area contributed by atoms with Gasteiger partial charge < -0.3 is 19.9 Å². The van der Waals surface area contributed by atoms with E-state index in [2.05, 4.69) is 32.2 Å². The Morgan fingerprint density at radius 3 is 2.38 bits per heavy atom. The van der Waals surface area contributed by atoms with E-state index in [1.807, 2.05) is 43.6 Å². The Morgan fingerprint density at radius 1 is 1.08 bits per heavy atom. The number of piperazine rings is 1. The third-order valence-electron chi connectivity index (χ3n) is 4.05. The zero-order valence-corrected chi connectivity index (χ0v) is 14.7. The molecule has 2 N–H and O–H groups in total. The monoisotopic (exact) mass is 343 g/mol. The van der Waals surface area contributed by atoms with Gasteiger partial charge in [0.25, 0.3) is 0 Å². The first-order valence-electron chi connectivity index (χ1n) is 8.26. The molecule has 0 bridgehead atoms. The molecule has 2 heterocycles. The molecule has 24 heavy (non-hydrogen) atoms. The van der Waals surface area contributed by atoms with E-state index in [0.717, 1.165) is 42.7 Å². The fourth-order valence-corrected chi connectivity index (χ4v) is 3.06. The summed E-state index contributed by atoms with van der Waals surface area (Å²) in [7, 11) is 0. The van der Waals surface area contributed by atoms with E-state index >= 15 is 0 Å². The molecule has 2 aromatic rings. The number of aromatic nitrogens is 1. The maximum absolute atomic E-state index is 5.56. The molecular formula is C18H23N4OS+. The summed E-state index contributed by atoms with van der Waals surface area (Å²) in [5, 5.41) is 4.09. The molecule has 1 aromatic carbocycles. The van der Waals surface area contributed by atoms with Gasteiger partial charge in [-0.25, -0.2) is 4.98 Å². The van der Waals surface area contributed by atoms with Crippen LogP contribution in [-0.4, -0.2) is 42.8 Å². The zero-order chi connectivity index (χ0) is 16.8. The molecule has 5 nitrogen and oxygen atoms in total. The SMILES string of the molecule is CCOc1ccc(NC(=S)N2CCN(c3cc[nH+]cc3)CC2)cc1. The molecule has 0 radical (unpaired) electrons. The van der Waals surface area contributed by atoms with Gasteiger partial charge in [-0.3, -0.25) is 0 Å². The van der Waals surface area contributed by atoms with Crippen molar-refractivity contribution in [3.05, 3.63) is 48.8 Å². The highest BCUT2D eigenvalue weighted by Crippen LogP contribution is 2.18. The Labute approximate surface area is 148 Å². The van der Waals surface area contributed by atoms with E-state index in [9.17, 15) is 0 Å². The molecule has 1 aromatic heterocycles. The van der Waals surface area contributed by atoms with Crippen LogP contribution >= 0.6 is 12.2 Å². The van der Waals surface area contributed by atoms with Crippen molar-refractivity contribution >= 4 is 28.7 Å². The maximum Gasteiger partial charge on any atom is 0.173 e. The second-order valence-corrected chi connectivity index (χ2v) is 6.01. The van der Waals surface area contributed by atoms with Gasteiger partial charge in [-0.1, -0.05) is 0 Å². The van der Waals surface area contributed by atoms with Gasteiger partial charge in [-0.05, 0) is 43.4 Å². The van der Waals surface area contributed by atoms with Crippen LogP contribution in [0.4, 0.5) is 11.4 Å². The Morgan fingerprint density at radius 2 is 1.75 bits per heavy atom. The van der Waals surface area contributed by atoms with Gasteiger partial charge in [0.15, 0.2) is 17.5 Å². The molecule has 1 aliphatic heterocycles. The lowest BCUT2D eigenvalue weighted by Gasteiger charge is -2.37. The molecular weight excluding hydrogens is 320 g/mol. The van der Waals surface area contributed by atoms with Crippen molar-refractivity contribution in [3.8, 4) is 5.75 Å². The van der Waals surface area contributed by atoms with Gasteiger partial charge in [-0.2, -0.15) is 0 Å². The smallest absolute Gasteiger partial charge is 0.173 e. The zero-order valence-electron chi connectivity index (χ0n) is 13.9. The Kier molecular flexibility index (Phi) is 5.48. The van der Waals surface area contributed by atoms with Crippen molar-refractivity contribution in [2.75, 3.05) is 43.0 Å². The fourth-order valence-electron chi connectivity index (χ4n) is 2.76. The molecule has 6 heteroatoms. The second-order valence-electron chi connectivity index (χ2n) is 5.62. The van der Waals surface area contributed by atoms with Gasteiger partial charge >= 0.3 is 0 Å². The predicted octanol–water partition coefficient (Wildman–Crippen LogP) is 2.42. The first kappa shape index (κ1) is 16.5. The number of aromatic amines is 1. The topological polar surface area (TPSA) is 41.9 Å². The minimum Gasteiger partial charge on any atom is -0.494 e. The Bertz CT molecular complexity index is 654. The number of anilines is 2. The first-order chi connectivity index (χ1) is 11.8. The normalized spacial score (nSPS) is 14.4. The third-order valence-corrected chi connectivity index (χ3v) is 4.41. The van der Waals surface area contributed by atoms with E-state index in [1.165, 1.54) is 5.69 Å². The van der Waals surface area contributed by atoms with E-state index in [0.29, 0.717) is 6.61 Å². The van der Waals surface area contributed by atoms with Crippen LogP contribution in [0.3, 0.4) is 0 Å². The van der Waals surface area contributed by atoms with Gasteiger partial charge in [0.2, 0.25) is 0 Å². The first-order valence-corrected chi connectivity index (χ1v) is 8.67. The molecule has 0 atom stereocenters. The molecule has 126 valence electrons. The Hall–Kier alpha value is -2.34. The molecule has 0 saturated carbocycles. The quantitative estimate of drug-likeness (QED) is 0.864. The summed E-state index contributed by atoms with van der Waals surface area (Å²) in [6.45, 7) is 6.43. The van der Waals surface area contributed by atoms with Crippen molar-refractivity contribution in [3.63, 3.8) is 0 Å². The molecule has 1 fully saturated rings. The number of pyridine rings is 1. The summed E-state index contributed by atoms with van der Waals surface area (Å²) < 4.78 is 5.46. The lowest BCUT2D eigenvalue weighted by Crippen LogP contribution is -2.50. The van der Waals surface area contributed by atoms with Gasteiger partial charge in [0, 0.05) is 49.7 Å². The number of benzene rings is 1. The van der Waals surface area contributed by atoms with Crippen LogP contribution in [-0.2, 0) is 0 Å². The van der Waals surface area contributed by atoms with Gasteiger partial charge in [0.05, 0.1) is 6.61 Å². The Balaban J connectivity index is 1.51. The number of nitrogens with zero attached hydrogens (tertiary/aromatic N) is 2. The van der Waals surface area contributed by atoms with Crippen molar-refractivity contribution in [2.45, 2.75) is 6.92 Å². The van der Waals surface area contributed by atoms with E-state index < -0.39 is 0 Å². The molecule has 0 spiro atoms. The summed E-state index contributed by atoms with van der Waals surface area (Å²) in [5.74, 6) is 0.877. The van der Waals surface area contributed by atoms with Crippen LogP contribution in [0, 0.1) is 0 Å². The highest BCUT2D eigenvalue weighted by Gasteiger charge is 2.19. The second kappa shape index (κ2) is 7.97. The summed E-state index contributed by atoms with van der Waals surface area (Å²) in [4.78, 5) is 7.66. The van der Waals surface area contributed by atoms with Crippen LogP contribution in [0.2, 0.25) is 0 Å². The number of H-pyrrole nitrogens is 1.